The number of amides is 2. The number of aliphatic carboxylic acids is 1. The number of urea groups is 1. The second-order valence-electron chi connectivity index (χ2n) is 6.34. The van der Waals surface area contributed by atoms with Crippen molar-refractivity contribution >= 4 is 12.0 Å². The molecular formula is C13H22N2O4. The zero-order valence-electron chi connectivity index (χ0n) is 11.8. The van der Waals surface area contributed by atoms with Gasteiger partial charge in [0.15, 0.2) is 0 Å². The van der Waals surface area contributed by atoms with Crippen molar-refractivity contribution in [3.8, 4) is 0 Å². The fourth-order valence-corrected chi connectivity index (χ4v) is 2.86. The van der Waals surface area contributed by atoms with Crippen molar-refractivity contribution in [2.75, 3.05) is 26.2 Å². The lowest BCUT2D eigenvalue weighted by Gasteiger charge is -2.49. The van der Waals surface area contributed by atoms with Gasteiger partial charge < -0.3 is 19.6 Å². The normalized spacial score (nSPS) is 24.2. The van der Waals surface area contributed by atoms with Crippen molar-refractivity contribution < 1.29 is 19.4 Å². The molecule has 2 rings (SSSR count). The lowest BCUT2D eigenvalue weighted by Crippen LogP contribution is -2.66. The van der Waals surface area contributed by atoms with Gasteiger partial charge in [-0.1, -0.05) is 0 Å². The molecule has 0 unspecified atom stereocenters. The Hall–Kier alpha value is -1.30. The molecule has 0 aromatic rings. The van der Waals surface area contributed by atoms with E-state index in [0.717, 1.165) is 19.4 Å². The third-order valence-corrected chi connectivity index (χ3v) is 4.00. The number of carbonyl (C=O) groups is 2. The predicted octanol–water partition coefficient (Wildman–Crippen LogP) is 1.16. The molecule has 0 spiro atoms. The van der Waals surface area contributed by atoms with Crippen LogP contribution in [0, 0.1) is 0 Å². The molecule has 6 heteroatoms. The van der Waals surface area contributed by atoms with E-state index in [1.54, 1.807) is 4.90 Å². The van der Waals surface area contributed by atoms with E-state index in [-0.39, 0.29) is 18.2 Å². The van der Waals surface area contributed by atoms with E-state index in [2.05, 4.69) is 13.8 Å². The van der Waals surface area contributed by atoms with E-state index in [1.807, 2.05) is 11.8 Å². The first-order valence-corrected chi connectivity index (χ1v) is 6.66. The Labute approximate surface area is 113 Å². The molecule has 0 aromatic carbocycles. The van der Waals surface area contributed by atoms with Gasteiger partial charge >= 0.3 is 12.0 Å². The summed E-state index contributed by atoms with van der Waals surface area (Å²) in [5, 5.41) is 8.60. The largest absolute Gasteiger partial charge is 0.480 e. The van der Waals surface area contributed by atoms with Crippen LogP contribution in [0.25, 0.3) is 0 Å². The molecule has 0 saturated carbocycles. The highest BCUT2D eigenvalue weighted by atomic mass is 16.5. The molecule has 0 radical (unpaired) electrons. The minimum absolute atomic E-state index is 0.0406. The molecule has 2 saturated heterocycles. The summed E-state index contributed by atoms with van der Waals surface area (Å²) < 4.78 is 5.31. The Morgan fingerprint density at radius 1 is 1.26 bits per heavy atom. The van der Waals surface area contributed by atoms with Gasteiger partial charge in [0.1, 0.15) is 12.2 Å². The first kappa shape index (κ1) is 14.1. The summed E-state index contributed by atoms with van der Waals surface area (Å²) >= 11 is 0. The summed E-state index contributed by atoms with van der Waals surface area (Å²) in [6, 6.07) is 0.0406. The molecule has 19 heavy (non-hydrogen) atoms. The van der Waals surface area contributed by atoms with Crippen molar-refractivity contribution in [2.24, 2.45) is 0 Å². The number of likely N-dealkylation sites (tertiary alicyclic amines) is 2. The summed E-state index contributed by atoms with van der Waals surface area (Å²) in [5.74, 6) is -0.980. The fraction of sp³-hybridized carbons (Fsp3) is 0.846. The molecule has 6 nitrogen and oxygen atoms in total. The highest BCUT2D eigenvalue weighted by Gasteiger charge is 2.47. The average Bonchev–Trinajstić information content (AvgIpc) is 2.61. The minimum Gasteiger partial charge on any atom is -0.480 e. The van der Waals surface area contributed by atoms with Crippen LogP contribution in [-0.2, 0) is 9.53 Å². The van der Waals surface area contributed by atoms with Crippen molar-refractivity contribution in [3.05, 3.63) is 0 Å². The van der Waals surface area contributed by atoms with Crippen molar-refractivity contribution in [1.82, 2.24) is 9.80 Å². The molecule has 0 aliphatic carbocycles. The molecule has 0 bridgehead atoms. The van der Waals surface area contributed by atoms with Crippen molar-refractivity contribution in [3.63, 3.8) is 0 Å². The van der Waals surface area contributed by atoms with Crippen molar-refractivity contribution in [1.29, 1.82) is 0 Å². The van der Waals surface area contributed by atoms with E-state index in [4.69, 9.17) is 9.84 Å². The summed E-state index contributed by atoms with van der Waals surface area (Å²) in [6.07, 6.45) is 2.07. The van der Waals surface area contributed by atoms with Crippen LogP contribution < -0.4 is 0 Å². The topological polar surface area (TPSA) is 70.1 Å². The lowest BCUT2D eigenvalue weighted by molar-refractivity contribution is -0.160. The number of ether oxygens (including phenoxy) is 1. The molecule has 2 aliphatic rings. The quantitative estimate of drug-likeness (QED) is 0.835. The number of carboxylic acid groups (broad SMARTS) is 1. The fourth-order valence-electron chi connectivity index (χ4n) is 2.86. The van der Waals surface area contributed by atoms with Crippen LogP contribution >= 0.6 is 0 Å². The van der Waals surface area contributed by atoms with E-state index in [0.29, 0.717) is 13.1 Å². The Morgan fingerprint density at radius 3 is 2.37 bits per heavy atom. The minimum atomic E-state index is -0.980. The SMILES string of the molecule is CC1(OCC(=O)O)CN(C(=O)N2CCCC2(C)C)C1. The first-order chi connectivity index (χ1) is 8.73. The van der Waals surface area contributed by atoms with Gasteiger partial charge in [-0.2, -0.15) is 0 Å². The Kier molecular flexibility index (Phi) is 3.47. The van der Waals surface area contributed by atoms with Crippen LogP contribution in [0.3, 0.4) is 0 Å². The molecule has 2 aliphatic heterocycles. The smallest absolute Gasteiger partial charge is 0.329 e. The van der Waals surface area contributed by atoms with Gasteiger partial charge in [-0.3, -0.25) is 0 Å². The Bertz CT molecular complexity index is 388. The number of nitrogens with zero attached hydrogens (tertiary/aromatic N) is 2. The zero-order chi connectivity index (χ0) is 14.3. The number of hydrogen-bond acceptors (Lipinski definition) is 3. The predicted molar refractivity (Wildman–Crippen MR) is 69.0 cm³/mol. The molecule has 108 valence electrons. The van der Waals surface area contributed by atoms with Crippen LogP contribution in [0.2, 0.25) is 0 Å². The standard InChI is InChI=1S/C13H22N2O4/c1-12(2)5-4-6-15(12)11(18)14-8-13(3,9-14)19-7-10(16)17/h4-9H2,1-3H3,(H,16,17). The van der Waals surface area contributed by atoms with Gasteiger partial charge in [0.2, 0.25) is 0 Å². The van der Waals surface area contributed by atoms with Crippen LogP contribution in [0.1, 0.15) is 33.6 Å². The Balaban J connectivity index is 1.86. The summed E-state index contributed by atoms with van der Waals surface area (Å²) in [4.78, 5) is 26.5. The third-order valence-electron chi connectivity index (χ3n) is 4.00. The second-order valence-corrected chi connectivity index (χ2v) is 6.34. The van der Waals surface area contributed by atoms with Gasteiger partial charge in [-0.05, 0) is 33.6 Å². The molecule has 2 fully saturated rings. The molecule has 0 atom stereocenters. The van der Waals surface area contributed by atoms with Gasteiger partial charge in [0, 0.05) is 12.1 Å². The molecular weight excluding hydrogens is 248 g/mol. The lowest BCUT2D eigenvalue weighted by atomic mass is 9.96. The second kappa shape index (κ2) is 4.67. The van der Waals surface area contributed by atoms with E-state index in [9.17, 15) is 9.59 Å². The van der Waals surface area contributed by atoms with Gasteiger partial charge in [-0.25, -0.2) is 9.59 Å². The Morgan fingerprint density at radius 2 is 1.89 bits per heavy atom. The summed E-state index contributed by atoms with van der Waals surface area (Å²) in [5.41, 5.74) is -0.594. The number of rotatable bonds is 3. The van der Waals surface area contributed by atoms with Crippen molar-refractivity contribution in [2.45, 2.75) is 44.8 Å². The van der Waals surface area contributed by atoms with Crippen LogP contribution in [0.15, 0.2) is 0 Å². The molecule has 0 aromatic heterocycles. The van der Waals surface area contributed by atoms with E-state index >= 15 is 0 Å². The van der Waals surface area contributed by atoms with Crippen LogP contribution in [-0.4, -0.2) is 64.3 Å². The molecule has 2 heterocycles. The van der Waals surface area contributed by atoms with E-state index < -0.39 is 11.6 Å². The monoisotopic (exact) mass is 270 g/mol. The van der Waals surface area contributed by atoms with Crippen LogP contribution in [0.5, 0.6) is 0 Å². The zero-order valence-corrected chi connectivity index (χ0v) is 11.8. The highest BCUT2D eigenvalue weighted by molar-refractivity contribution is 5.77. The maximum atomic E-state index is 12.3. The number of hydrogen-bond donors (Lipinski definition) is 1. The summed E-state index contributed by atoms with van der Waals surface area (Å²) in [7, 11) is 0. The third kappa shape index (κ3) is 2.83. The number of carbonyl (C=O) groups excluding carboxylic acids is 1. The van der Waals surface area contributed by atoms with Crippen LogP contribution in [0.4, 0.5) is 4.79 Å². The van der Waals surface area contributed by atoms with Gasteiger partial charge in [0.25, 0.3) is 0 Å². The van der Waals surface area contributed by atoms with Gasteiger partial charge in [0.05, 0.1) is 13.1 Å². The highest BCUT2D eigenvalue weighted by Crippen LogP contribution is 2.32. The average molecular weight is 270 g/mol. The van der Waals surface area contributed by atoms with Gasteiger partial charge in [-0.15, -0.1) is 0 Å². The first-order valence-electron chi connectivity index (χ1n) is 6.66. The summed E-state index contributed by atoms with van der Waals surface area (Å²) in [6.45, 7) is 7.42. The maximum absolute atomic E-state index is 12.3. The molecule has 2 amide bonds. The molecule has 1 N–H and O–H groups in total. The van der Waals surface area contributed by atoms with E-state index in [1.165, 1.54) is 0 Å². The maximum Gasteiger partial charge on any atom is 0.329 e. The number of carboxylic acids is 1.